The molecule has 4 rings (SSSR count). The van der Waals surface area contributed by atoms with E-state index in [4.69, 9.17) is 4.74 Å². The molecule has 2 aromatic rings. The van der Waals surface area contributed by atoms with E-state index in [9.17, 15) is 9.59 Å². The molecule has 2 saturated heterocycles. The van der Waals surface area contributed by atoms with E-state index in [1.54, 1.807) is 27.9 Å². The van der Waals surface area contributed by atoms with Crippen LogP contribution in [0.25, 0.3) is 5.65 Å². The molecule has 2 fully saturated rings. The summed E-state index contributed by atoms with van der Waals surface area (Å²) in [6, 6.07) is 1.75. The maximum absolute atomic E-state index is 12.7. The number of hydrogen-bond acceptors (Lipinski definition) is 5. The van der Waals surface area contributed by atoms with E-state index in [0.29, 0.717) is 30.8 Å². The van der Waals surface area contributed by atoms with Crippen LogP contribution in [-0.4, -0.2) is 56.5 Å². The van der Waals surface area contributed by atoms with Crippen molar-refractivity contribution in [2.75, 3.05) is 19.7 Å². The molecular formula is C15H16N4O3. The average Bonchev–Trinajstić information content (AvgIpc) is 3.17. The number of amides is 1. The van der Waals surface area contributed by atoms with E-state index >= 15 is 0 Å². The molecule has 0 N–H and O–H groups in total. The van der Waals surface area contributed by atoms with Crippen LogP contribution in [0.2, 0.25) is 0 Å². The fourth-order valence-corrected chi connectivity index (χ4v) is 3.29. The molecule has 0 aromatic carbocycles. The number of rotatable bonds is 1. The van der Waals surface area contributed by atoms with Gasteiger partial charge in [0.2, 0.25) is 0 Å². The Morgan fingerprint density at radius 1 is 1.36 bits per heavy atom. The fraction of sp³-hybridized carbons (Fsp3) is 0.467. The first-order valence-electron chi connectivity index (χ1n) is 7.44. The molecule has 0 saturated carbocycles. The minimum atomic E-state index is -0.643. The predicted molar refractivity (Wildman–Crippen MR) is 76.4 cm³/mol. The largest absolute Gasteiger partial charge is 0.367 e. The lowest BCUT2D eigenvalue weighted by atomic mass is 9.87. The molecule has 0 bridgehead atoms. The van der Waals surface area contributed by atoms with Crippen LogP contribution in [0.3, 0.4) is 0 Å². The Hall–Kier alpha value is -2.28. The molecule has 1 atom stereocenters. The number of ketones is 1. The Labute approximate surface area is 126 Å². The van der Waals surface area contributed by atoms with Gasteiger partial charge >= 0.3 is 0 Å². The zero-order chi connectivity index (χ0) is 15.2. The van der Waals surface area contributed by atoms with E-state index in [1.165, 1.54) is 6.20 Å². The number of aromatic nitrogens is 3. The maximum Gasteiger partial charge on any atom is 0.259 e. The summed E-state index contributed by atoms with van der Waals surface area (Å²) >= 11 is 0. The number of ether oxygens (including phenoxy) is 1. The summed E-state index contributed by atoms with van der Waals surface area (Å²) in [5.41, 5.74) is 0.296. The van der Waals surface area contributed by atoms with E-state index in [-0.39, 0.29) is 18.2 Å². The summed E-state index contributed by atoms with van der Waals surface area (Å²) in [7, 11) is 0. The van der Waals surface area contributed by atoms with Gasteiger partial charge in [0.15, 0.2) is 11.4 Å². The second kappa shape index (κ2) is 4.88. The predicted octanol–water partition coefficient (Wildman–Crippen LogP) is 0.693. The van der Waals surface area contributed by atoms with Crippen LogP contribution in [0.5, 0.6) is 0 Å². The second-order valence-electron chi connectivity index (χ2n) is 5.79. The molecule has 0 radical (unpaired) electrons. The maximum atomic E-state index is 12.7. The zero-order valence-electron chi connectivity index (χ0n) is 12.1. The van der Waals surface area contributed by atoms with Gasteiger partial charge in [-0.05, 0) is 18.9 Å². The average molecular weight is 300 g/mol. The van der Waals surface area contributed by atoms with Gasteiger partial charge in [-0.1, -0.05) is 0 Å². The second-order valence-corrected chi connectivity index (χ2v) is 5.79. The SMILES string of the molecule is O=C(c1cnn2cccnc12)N1CC[C@]2(CCCO2)C(=O)C1. The topological polar surface area (TPSA) is 76.8 Å². The van der Waals surface area contributed by atoms with Crippen molar-refractivity contribution < 1.29 is 14.3 Å². The lowest BCUT2D eigenvalue weighted by Gasteiger charge is -2.36. The van der Waals surface area contributed by atoms with Crippen molar-refractivity contribution in [3.8, 4) is 0 Å². The van der Waals surface area contributed by atoms with Crippen LogP contribution in [0.4, 0.5) is 0 Å². The van der Waals surface area contributed by atoms with Crippen LogP contribution in [0, 0.1) is 0 Å². The summed E-state index contributed by atoms with van der Waals surface area (Å²) in [4.78, 5) is 30.8. The normalized spacial score (nSPS) is 25.3. The minimum Gasteiger partial charge on any atom is -0.367 e. The lowest BCUT2D eigenvalue weighted by Crippen LogP contribution is -2.53. The summed E-state index contributed by atoms with van der Waals surface area (Å²) < 4.78 is 7.22. The number of likely N-dealkylation sites (tertiary alicyclic amines) is 1. The standard InChI is InChI=1S/C15H16N4O3/c20-12-10-18(7-4-15(12)3-1-8-22-15)14(21)11-9-17-19-6-2-5-16-13(11)19/h2,5-6,9H,1,3-4,7-8,10H2/t15-/m1/s1. The van der Waals surface area contributed by atoms with Gasteiger partial charge in [-0.2, -0.15) is 5.10 Å². The smallest absolute Gasteiger partial charge is 0.259 e. The molecule has 0 unspecified atom stereocenters. The van der Waals surface area contributed by atoms with Gasteiger partial charge < -0.3 is 9.64 Å². The van der Waals surface area contributed by atoms with Crippen LogP contribution < -0.4 is 0 Å². The van der Waals surface area contributed by atoms with Gasteiger partial charge in [-0.3, -0.25) is 9.59 Å². The first-order chi connectivity index (χ1) is 10.7. The van der Waals surface area contributed by atoms with Crippen LogP contribution in [0.1, 0.15) is 29.6 Å². The number of Topliss-reactive ketones (excluding diaryl/α,β-unsaturated/α-hetero) is 1. The van der Waals surface area contributed by atoms with Crippen LogP contribution in [-0.2, 0) is 9.53 Å². The Bertz CT molecular complexity index is 748. The van der Waals surface area contributed by atoms with Crippen molar-refractivity contribution in [2.24, 2.45) is 0 Å². The highest BCUT2D eigenvalue weighted by Gasteiger charge is 2.46. The summed E-state index contributed by atoms with van der Waals surface area (Å²) in [6.45, 7) is 1.26. The molecule has 2 aliphatic rings. The van der Waals surface area contributed by atoms with Crippen molar-refractivity contribution in [1.82, 2.24) is 19.5 Å². The monoisotopic (exact) mass is 300 g/mol. The third kappa shape index (κ3) is 1.93. The molecular weight excluding hydrogens is 284 g/mol. The Balaban J connectivity index is 1.58. The third-order valence-electron chi connectivity index (χ3n) is 4.53. The van der Waals surface area contributed by atoms with Crippen molar-refractivity contribution in [2.45, 2.75) is 24.9 Å². The Morgan fingerprint density at radius 3 is 3.05 bits per heavy atom. The van der Waals surface area contributed by atoms with Crippen molar-refractivity contribution in [3.05, 3.63) is 30.2 Å². The highest BCUT2D eigenvalue weighted by molar-refractivity contribution is 6.02. The molecule has 7 heteroatoms. The molecule has 1 spiro atoms. The summed E-state index contributed by atoms with van der Waals surface area (Å²) in [5, 5.41) is 4.12. The highest BCUT2D eigenvalue weighted by Crippen LogP contribution is 2.33. The lowest BCUT2D eigenvalue weighted by molar-refractivity contribution is -0.144. The first kappa shape index (κ1) is 13.4. The van der Waals surface area contributed by atoms with Crippen molar-refractivity contribution in [1.29, 1.82) is 0 Å². The fourth-order valence-electron chi connectivity index (χ4n) is 3.29. The highest BCUT2D eigenvalue weighted by atomic mass is 16.5. The van der Waals surface area contributed by atoms with Crippen molar-refractivity contribution >= 4 is 17.3 Å². The molecule has 22 heavy (non-hydrogen) atoms. The third-order valence-corrected chi connectivity index (χ3v) is 4.53. The summed E-state index contributed by atoms with van der Waals surface area (Å²) in [6.07, 6.45) is 7.12. The first-order valence-corrected chi connectivity index (χ1v) is 7.44. The molecule has 0 aliphatic carbocycles. The van der Waals surface area contributed by atoms with Crippen LogP contribution in [0.15, 0.2) is 24.7 Å². The van der Waals surface area contributed by atoms with E-state index in [0.717, 1.165) is 12.8 Å². The van der Waals surface area contributed by atoms with Crippen molar-refractivity contribution in [3.63, 3.8) is 0 Å². The number of carbonyl (C=O) groups is 2. The molecule has 7 nitrogen and oxygen atoms in total. The summed E-state index contributed by atoms with van der Waals surface area (Å²) in [5.74, 6) is -0.191. The number of hydrogen-bond donors (Lipinski definition) is 0. The zero-order valence-corrected chi connectivity index (χ0v) is 12.1. The Morgan fingerprint density at radius 2 is 2.27 bits per heavy atom. The van der Waals surface area contributed by atoms with Crippen LogP contribution >= 0.6 is 0 Å². The molecule has 2 aliphatic heterocycles. The van der Waals surface area contributed by atoms with E-state index < -0.39 is 5.60 Å². The quantitative estimate of drug-likeness (QED) is 0.774. The molecule has 114 valence electrons. The van der Waals surface area contributed by atoms with E-state index in [1.807, 2.05) is 0 Å². The molecule has 1 amide bonds. The van der Waals surface area contributed by atoms with Gasteiger partial charge in [-0.25, -0.2) is 9.50 Å². The van der Waals surface area contributed by atoms with Gasteiger partial charge in [-0.15, -0.1) is 0 Å². The number of piperidine rings is 1. The number of nitrogens with zero attached hydrogens (tertiary/aromatic N) is 4. The minimum absolute atomic E-state index is 0.00836. The molecule has 4 heterocycles. The molecule has 2 aromatic heterocycles. The van der Waals surface area contributed by atoms with Gasteiger partial charge in [0.05, 0.1) is 12.7 Å². The van der Waals surface area contributed by atoms with E-state index in [2.05, 4.69) is 10.1 Å². The Kier molecular flexibility index (Phi) is 2.97. The van der Waals surface area contributed by atoms with Gasteiger partial charge in [0, 0.05) is 32.0 Å². The number of fused-ring (bicyclic) bond motifs is 1. The van der Waals surface area contributed by atoms with Gasteiger partial charge in [0.25, 0.3) is 5.91 Å². The number of carbonyl (C=O) groups excluding carboxylic acids is 2. The van der Waals surface area contributed by atoms with Gasteiger partial charge in [0.1, 0.15) is 11.2 Å².